The highest BCUT2D eigenvalue weighted by Crippen LogP contribution is 2.66. The Morgan fingerprint density at radius 2 is 1.72 bits per heavy atom. The molecule has 1 aromatic carbocycles. The van der Waals surface area contributed by atoms with E-state index < -0.39 is 11.7 Å². The van der Waals surface area contributed by atoms with Crippen molar-refractivity contribution in [1.82, 2.24) is 4.90 Å². The topological polar surface area (TPSA) is 128 Å². The molecule has 0 spiro atoms. The van der Waals surface area contributed by atoms with Crippen LogP contribution >= 0.6 is 0 Å². The average molecular weight is 438 g/mol. The number of primary amides is 1. The highest BCUT2D eigenvalue weighted by Gasteiger charge is 2.63. The summed E-state index contributed by atoms with van der Waals surface area (Å²) in [4.78, 5) is 24.8. The molecule has 1 aromatic rings. The van der Waals surface area contributed by atoms with Gasteiger partial charge in [-0.15, -0.1) is 0 Å². The molecule has 0 aromatic heterocycles. The van der Waals surface area contributed by atoms with E-state index in [2.05, 4.69) is 23.9 Å². The normalized spacial score (nSPS) is 41.1. The number of nitrogens with zero attached hydrogens (tertiary/aromatic N) is 2. The molecule has 6 aliphatic rings. The minimum atomic E-state index is -1.33. The lowest BCUT2D eigenvalue weighted by molar-refractivity contribution is -0.178. The monoisotopic (exact) mass is 437 g/mol. The number of carboxylic acid groups (broad SMARTS) is 1. The van der Waals surface area contributed by atoms with E-state index >= 15 is 0 Å². The summed E-state index contributed by atoms with van der Waals surface area (Å²) in [6, 6.07) is 12.6. The molecule has 0 radical (unpaired) electrons. The number of aliphatic hydroxyl groups is 1. The molecule has 6 atom stereocenters. The van der Waals surface area contributed by atoms with Crippen LogP contribution in [0.2, 0.25) is 0 Å². The molecule has 1 aliphatic heterocycles. The van der Waals surface area contributed by atoms with Gasteiger partial charge in [-0.05, 0) is 80.1 Å². The van der Waals surface area contributed by atoms with Crippen LogP contribution in [0.25, 0.3) is 0 Å². The molecular weight excluding hydrogens is 406 g/mol. The number of nitrogens with two attached hydrogens (primary N) is 1. The lowest BCUT2D eigenvalue weighted by Crippen LogP contribution is -2.59. The van der Waals surface area contributed by atoms with Crippen LogP contribution < -0.4 is 5.73 Å². The molecule has 7 nitrogen and oxygen atoms in total. The van der Waals surface area contributed by atoms with Gasteiger partial charge >= 0.3 is 6.09 Å². The van der Waals surface area contributed by atoms with E-state index in [0.29, 0.717) is 17.8 Å². The van der Waals surface area contributed by atoms with Gasteiger partial charge in [0.1, 0.15) is 6.04 Å². The summed E-state index contributed by atoms with van der Waals surface area (Å²) in [7, 11) is 0. The number of hydrogen-bond acceptors (Lipinski definition) is 4. The molecule has 4 N–H and O–H groups in total. The minimum absolute atomic E-state index is 0.149. The lowest BCUT2D eigenvalue weighted by Gasteiger charge is -2.62. The fourth-order valence-electron chi connectivity index (χ4n) is 8.06. The highest BCUT2D eigenvalue weighted by atomic mass is 16.4. The van der Waals surface area contributed by atoms with Crippen LogP contribution in [0, 0.1) is 34.5 Å². The number of rotatable bonds is 3. The summed E-state index contributed by atoms with van der Waals surface area (Å²) >= 11 is 0. The second-order valence-electron chi connectivity index (χ2n) is 10.9. The number of fused-ring (bicyclic) bond motifs is 1. The lowest BCUT2D eigenvalue weighted by atomic mass is 9.44. The second kappa shape index (κ2) is 7.48. The summed E-state index contributed by atoms with van der Waals surface area (Å²) in [5.74, 6) is 1.56. The van der Waals surface area contributed by atoms with E-state index in [9.17, 15) is 15.2 Å². The first-order valence-electron chi connectivity index (χ1n) is 11.7. The largest absolute Gasteiger partial charge is 0.465 e. The van der Waals surface area contributed by atoms with Crippen molar-refractivity contribution < 1.29 is 19.8 Å². The zero-order valence-electron chi connectivity index (χ0n) is 18.2. The molecule has 6 fully saturated rings. The molecule has 5 saturated carbocycles. The predicted octanol–water partition coefficient (Wildman–Crippen LogP) is 3.24. The molecule has 2 amide bonds. The van der Waals surface area contributed by atoms with Gasteiger partial charge in [-0.2, -0.15) is 5.26 Å². The minimum Gasteiger partial charge on any atom is -0.465 e. The number of hydrogen-bond donors (Lipinski definition) is 3. The molecule has 32 heavy (non-hydrogen) atoms. The fourth-order valence-corrected chi connectivity index (χ4v) is 8.06. The Hall–Kier alpha value is -2.59. The molecule has 3 unspecified atom stereocenters. The molecule has 5 aliphatic carbocycles. The quantitative estimate of drug-likeness (QED) is 0.669. The zero-order valence-corrected chi connectivity index (χ0v) is 18.2. The second-order valence-corrected chi connectivity index (χ2v) is 10.9. The summed E-state index contributed by atoms with van der Waals surface area (Å²) in [5.41, 5.74) is 4.38. The zero-order chi connectivity index (χ0) is 22.7. The van der Waals surface area contributed by atoms with E-state index in [4.69, 9.17) is 9.90 Å². The van der Waals surface area contributed by atoms with Crippen molar-refractivity contribution in [2.24, 2.45) is 28.9 Å². The van der Waals surface area contributed by atoms with Gasteiger partial charge in [0.2, 0.25) is 5.91 Å². The van der Waals surface area contributed by atoms with Gasteiger partial charge in [0.25, 0.3) is 0 Å². The third-order valence-corrected chi connectivity index (χ3v) is 8.58. The summed E-state index contributed by atoms with van der Waals surface area (Å²) in [5, 5.41) is 28.2. The first kappa shape index (κ1) is 21.3. The predicted molar refractivity (Wildman–Crippen MR) is 116 cm³/mol. The van der Waals surface area contributed by atoms with Crippen LogP contribution in [0.15, 0.2) is 30.3 Å². The number of carbonyl (C=O) groups is 2. The molecule has 7 heteroatoms. The maximum Gasteiger partial charge on any atom is 0.402 e. The SMILES string of the molecule is N#C[C@@H]1C[C@@H]2C[C@@H]2N1C(=O)C(c1ccccc1)C12CC3CC(CC(O)(C3)C1)C2.NC(=O)O. The molecule has 1 heterocycles. The van der Waals surface area contributed by atoms with Crippen molar-refractivity contribution in [1.29, 1.82) is 5.26 Å². The Bertz CT molecular complexity index is 940. The molecular formula is C25H31N3O4. The summed E-state index contributed by atoms with van der Waals surface area (Å²) < 4.78 is 0. The number of carbonyl (C=O) groups excluding carboxylic acids is 1. The van der Waals surface area contributed by atoms with Crippen molar-refractivity contribution in [3.63, 3.8) is 0 Å². The Labute approximate surface area is 188 Å². The van der Waals surface area contributed by atoms with Crippen LogP contribution in [0.1, 0.15) is 62.8 Å². The standard InChI is InChI=1S/C24H28N2O2.CH3NO2/c25-13-19-7-18-8-20(18)26(19)22(27)21(17-4-2-1-3-5-17)23-9-15-6-16(10-23)12-24(28,11-15)14-23;2-1(3)4/h1-5,15-16,18-21,28H,6-12,14H2;2H2,(H,3,4)/t15?,16?,18-,19+,20+,21?,23?,24?;/m1./s1. The van der Waals surface area contributed by atoms with Gasteiger partial charge < -0.3 is 20.8 Å². The van der Waals surface area contributed by atoms with Crippen LogP contribution in [0.4, 0.5) is 4.79 Å². The Kier molecular flexibility index (Phi) is 4.97. The fraction of sp³-hybridized carbons (Fsp3) is 0.640. The Morgan fingerprint density at radius 1 is 1.09 bits per heavy atom. The third-order valence-electron chi connectivity index (χ3n) is 8.58. The van der Waals surface area contributed by atoms with Gasteiger partial charge in [-0.3, -0.25) is 4.79 Å². The van der Waals surface area contributed by atoms with Crippen LogP contribution in [0.3, 0.4) is 0 Å². The van der Waals surface area contributed by atoms with Gasteiger partial charge in [0.05, 0.1) is 17.6 Å². The summed E-state index contributed by atoms with van der Waals surface area (Å²) in [6.07, 6.45) is 6.47. The van der Waals surface area contributed by atoms with E-state index in [-0.39, 0.29) is 29.3 Å². The van der Waals surface area contributed by atoms with Gasteiger partial charge in [0.15, 0.2) is 0 Å². The first-order chi connectivity index (χ1) is 15.2. The van der Waals surface area contributed by atoms with Crippen molar-refractivity contribution >= 4 is 12.0 Å². The highest BCUT2D eigenvalue weighted by molar-refractivity contribution is 5.86. The maximum atomic E-state index is 14.1. The number of likely N-dealkylation sites (tertiary alicyclic amines) is 1. The maximum absolute atomic E-state index is 14.1. The molecule has 7 rings (SSSR count). The van der Waals surface area contributed by atoms with Crippen LogP contribution in [-0.2, 0) is 4.79 Å². The van der Waals surface area contributed by atoms with Gasteiger partial charge in [0, 0.05) is 6.04 Å². The molecule has 4 bridgehead atoms. The Balaban J connectivity index is 0.000000501. The molecule has 1 saturated heterocycles. The van der Waals surface area contributed by atoms with Crippen molar-refractivity contribution in [2.75, 3.05) is 0 Å². The van der Waals surface area contributed by atoms with Crippen molar-refractivity contribution in [2.45, 2.75) is 75.0 Å². The summed E-state index contributed by atoms with van der Waals surface area (Å²) in [6.45, 7) is 0. The number of amides is 2. The van der Waals surface area contributed by atoms with Gasteiger partial charge in [-0.25, -0.2) is 4.79 Å². The number of benzene rings is 1. The van der Waals surface area contributed by atoms with E-state index in [0.717, 1.165) is 50.5 Å². The average Bonchev–Trinajstić information content (AvgIpc) is 3.36. The first-order valence-corrected chi connectivity index (χ1v) is 11.7. The smallest absolute Gasteiger partial charge is 0.402 e. The van der Waals surface area contributed by atoms with E-state index in [1.807, 2.05) is 23.1 Å². The van der Waals surface area contributed by atoms with Gasteiger partial charge in [-0.1, -0.05) is 30.3 Å². The van der Waals surface area contributed by atoms with E-state index in [1.165, 1.54) is 6.42 Å². The number of nitriles is 1. The van der Waals surface area contributed by atoms with Crippen molar-refractivity contribution in [3.8, 4) is 6.07 Å². The van der Waals surface area contributed by atoms with Crippen LogP contribution in [0.5, 0.6) is 0 Å². The molecule has 170 valence electrons. The number of piperidine rings is 1. The van der Waals surface area contributed by atoms with Crippen molar-refractivity contribution in [3.05, 3.63) is 35.9 Å². The third kappa shape index (κ3) is 3.55. The van der Waals surface area contributed by atoms with Crippen LogP contribution in [-0.4, -0.2) is 44.8 Å². The Morgan fingerprint density at radius 3 is 2.28 bits per heavy atom. The van der Waals surface area contributed by atoms with E-state index in [1.54, 1.807) is 0 Å².